The largest absolute Gasteiger partial charge is 0.0654 e. The Kier molecular flexibility index (Phi) is 13.6. The highest BCUT2D eigenvalue weighted by Crippen LogP contribution is 2.32. The lowest BCUT2D eigenvalue weighted by Gasteiger charge is -2.28. The second-order valence-corrected chi connectivity index (χ2v) is 7.51. The van der Waals surface area contributed by atoms with Gasteiger partial charge in [-0.2, -0.15) is 0 Å². The van der Waals surface area contributed by atoms with E-state index in [1.165, 1.54) is 70.6 Å². The minimum absolute atomic E-state index is 0.613. The highest BCUT2D eigenvalue weighted by molar-refractivity contribution is 4.73. The molecule has 3 atom stereocenters. The van der Waals surface area contributed by atoms with Gasteiger partial charge in [0.1, 0.15) is 0 Å². The topological polar surface area (TPSA) is 0 Å². The van der Waals surface area contributed by atoms with E-state index in [1.807, 2.05) is 0 Å². The summed E-state index contributed by atoms with van der Waals surface area (Å²) in [5, 5.41) is 0. The zero-order chi connectivity index (χ0) is 16.1. The molecule has 0 fully saturated rings. The molecule has 0 aromatic rings. The van der Waals surface area contributed by atoms with E-state index in [9.17, 15) is 0 Å². The first-order chi connectivity index (χ1) is 10.1. The number of hydrogen-bond acceptors (Lipinski definition) is 0. The van der Waals surface area contributed by atoms with E-state index in [-0.39, 0.29) is 0 Å². The smallest absolute Gasteiger partial charge is 0.0406 e. The molecule has 0 spiro atoms. The molecule has 0 heteroatoms. The van der Waals surface area contributed by atoms with Crippen molar-refractivity contribution in [1.82, 2.24) is 0 Å². The van der Waals surface area contributed by atoms with Crippen molar-refractivity contribution in [3.63, 3.8) is 0 Å². The van der Waals surface area contributed by atoms with Crippen LogP contribution in [0.3, 0.4) is 0 Å². The third-order valence-corrected chi connectivity index (χ3v) is 5.16. The minimum Gasteiger partial charge on any atom is -0.0654 e. The molecule has 0 rings (SSSR count). The molecule has 0 nitrogen and oxygen atoms in total. The molecule has 0 heterocycles. The molecule has 0 bridgehead atoms. The van der Waals surface area contributed by atoms with Crippen LogP contribution in [0, 0.1) is 30.6 Å². The maximum absolute atomic E-state index is 4.27. The molecule has 0 saturated carbocycles. The molecule has 127 valence electrons. The van der Waals surface area contributed by atoms with Crippen molar-refractivity contribution in [2.75, 3.05) is 0 Å². The summed E-state index contributed by atoms with van der Waals surface area (Å²) >= 11 is 0. The van der Waals surface area contributed by atoms with E-state index in [0.717, 1.165) is 17.8 Å². The maximum Gasteiger partial charge on any atom is -0.0406 e. The summed E-state index contributed by atoms with van der Waals surface area (Å²) in [5.74, 6) is 3.44. The fourth-order valence-electron chi connectivity index (χ4n) is 3.76. The molecule has 0 aliphatic carbocycles. The first kappa shape index (κ1) is 21.0. The molecule has 0 saturated heterocycles. The molecule has 0 aliphatic rings. The van der Waals surface area contributed by atoms with E-state index in [1.54, 1.807) is 0 Å². The summed E-state index contributed by atoms with van der Waals surface area (Å²) in [6, 6.07) is 0. The van der Waals surface area contributed by atoms with Gasteiger partial charge in [0.15, 0.2) is 0 Å². The lowest BCUT2D eigenvalue weighted by atomic mass is 9.78. The standard InChI is InChI=1S/C21H43/c1-7-11-13-19(9-3)16-21(15-18(5)6)17-20(10-4)14-12-8-2/h18-21H,5,7-17H2,1-4,6H3. The van der Waals surface area contributed by atoms with Gasteiger partial charge >= 0.3 is 0 Å². The molecule has 0 aliphatic heterocycles. The average Bonchev–Trinajstić information content (AvgIpc) is 2.46. The Balaban J connectivity index is 4.45. The molecule has 0 aromatic heterocycles. The summed E-state index contributed by atoms with van der Waals surface area (Å²) in [6.45, 7) is 16.0. The minimum atomic E-state index is 0.613. The van der Waals surface area contributed by atoms with Crippen LogP contribution in [0.2, 0.25) is 0 Å². The lowest BCUT2D eigenvalue weighted by Crippen LogP contribution is -2.15. The predicted molar refractivity (Wildman–Crippen MR) is 98.5 cm³/mol. The molecular formula is C21H43. The van der Waals surface area contributed by atoms with E-state index >= 15 is 0 Å². The van der Waals surface area contributed by atoms with Crippen LogP contribution in [0.5, 0.6) is 0 Å². The van der Waals surface area contributed by atoms with E-state index in [0.29, 0.717) is 5.92 Å². The molecule has 0 N–H and O–H groups in total. The Bertz CT molecular complexity index is 188. The highest BCUT2D eigenvalue weighted by Gasteiger charge is 2.20. The van der Waals surface area contributed by atoms with Gasteiger partial charge < -0.3 is 0 Å². The van der Waals surface area contributed by atoms with Gasteiger partial charge in [0, 0.05) is 0 Å². The third kappa shape index (κ3) is 11.2. The summed E-state index contributed by atoms with van der Waals surface area (Å²) in [7, 11) is 0. The van der Waals surface area contributed by atoms with Gasteiger partial charge in [-0.05, 0) is 42.9 Å². The second-order valence-electron chi connectivity index (χ2n) is 7.51. The molecule has 1 radical (unpaired) electrons. The molecular weight excluding hydrogens is 252 g/mol. The molecule has 3 unspecified atom stereocenters. The zero-order valence-corrected chi connectivity index (χ0v) is 15.8. The Morgan fingerprint density at radius 3 is 1.38 bits per heavy atom. The van der Waals surface area contributed by atoms with Crippen LogP contribution in [-0.2, 0) is 0 Å². The summed E-state index contributed by atoms with van der Waals surface area (Å²) < 4.78 is 0. The van der Waals surface area contributed by atoms with E-state index < -0.39 is 0 Å². The van der Waals surface area contributed by atoms with Crippen molar-refractivity contribution in [3.8, 4) is 0 Å². The van der Waals surface area contributed by atoms with Crippen molar-refractivity contribution in [1.29, 1.82) is 0 Å². The number of unbranched alkanes of at least 4 members (excludes halogenated alkanes) is 2. The molecule has 0 aromatic carbocycles. The van der Waals surface area contributed by atoms with Crippen LogP contribution in [0.4, 0.5) is 0 Å². The van der Waals surface area contributed by atoms with Gasteiger partial charge in [-0.3, -0.25) is 0 Å². The Morgan fingerprint density at radius 2 is 1.10 bits per heavy atom. The first-order valence-electron chi connectivity index (χ1n) is 9.90. The van der Waals surface area contributed by atoms with Gasteiger partial charge in [-0.15, -0.1) is 0 Å². The fourth-order valence-corrected chi connectivity index (χ4v) is 3.76. The van der Waals surface area contributed by atoms with Crippen molar-refractivity contribution < 1.29 is 0 Å². The normalized spacial score (nSPS) is 16.1. The van der Waals surface area contributed by atoms with Gasteiger partial charge in [0.25, 0.3) is 0 Å². The van der Waals surface area contributed by atoms with Crippen molar-refractivity contribution in [2.45, 2.75) is 105 Å². The molecule has 0 amide bonds. The monoisotopic (exact) mass is 295 g/mol. The van der Waals surface area contributed by atoms with E-state index in [4.69, 9.17) is 0 Å². The van der Waals surface area contributed by atoms with Crippen LogP contribution in [0.25, 0.3) is 0 Å². The fraction of sp³-hybridized carbons (Fsp3) is 0.952. The third-order valence-electron chi connectivity index (χ3n) is 5.16. The van der Waals surface area contributed by atoms with Gasteiger partial charge in [0.05, 0.1) is 0 Å². The molecule has 21 heavy (non-hydrogen) atoms. The van der Waals surface area contributed by atoms with Crippen LogP contribution in [-0.4, -0.2) is 0 Å². The average molecular weight is 296 g/mol. The van der Waals surface area contributed by atoms with Gasteiger partial charge in [-0.1, -0.05) is 92.9 Å². The summed E-state index contributed by atoms with van der Waals surface area (Å²) in [4.78, 5) is 0. The number of hydrogen-bond donors (Lipinski definition) is 0. The summed E-state index contributed by atoms with van der Waals surface area (Å²) in [6.07, 6.45) is 15.4. The van der Waals surface area contributed by atoms with Crippen molar-refractivity contribution in [3.05, 3.63) is 6.92 Å². The first-order valence-corrected chi connectivity index (χ1v) is 9.90. The number of rotatable bonds is 14. The predicted octanol–water partition coefficient (Wildman–Crippen LogP) is 7.68. The zero-order valence-electron chi connectivity index (χ0n) is 15.8. The van der Waals surface area contributed by atoms with Gasteiger partial charge in [0.2, 0.25) is 0 Å². The van der Waals surface area contributed by atoms with Crippen molar-refractivity contribution >= 4 is 0 Å². The van der Waals surface area contributed by atoms with Crippen LogP contribution in [0.15, 0.2) is 0 Å². The quantitative estimate of drug-likeness (QED) is 0.308. The van der Waals surface area contributed by atoms with E-state index in [2.05, 4.69) is 41.5 Å². The van der Waals surface area contributed by atoms with Crippen LogP contribution >= 0.6 is 0 Å². The SMILES string of the molecule is [CH2]C(C)CC(CC(CC)CCCC)CC(CC)CCCC. The summed E-state index contributed by atoms with van der Waals surface area (Å²) in [5.41, 5.74) is 0. The lowest BCUT2D eigenvalue weighted by molar-refractivity contribution is 0.246. The maximum atomic E-state index is 4.27. The second kappa shape index (κ2) is 13.6. The van der Waals surface area contributed by atoms with Crippen LogP contribution in [0.1, 0.15) is 105 Å². The highest BCUT2D eigenvalue weighted by atomic mass is 14.3. The Morgan fingerprint density at radius 1 is 0.667 bits per heavy atom. The van der Waals surface area contributed by atoms with Crippen LogP contribution < -0.4 is 0 Å². The van der Waals surface area contributed by atoms with Gasteiger partial charge in [-0.25, -0.2) is 0 Å². The van der Waals surface area contributed by atoms with Crippen molar-refractivity contribution in [2.24, 2.45) is 23.7 Å². The Labute approximate surface area is 136 Å². The Hall–Kier alpha value is 0.